The van der Waals surface area contributed by atoms with E-state index in [1.807, 2.05) is 12.1 Å². The molecule has 1 nitrogen and oxygen atoms in total. The van der Waals surface area contributed by atoms with Crippen LogP contribution < -0.4 is 4.74 Å². The van der Waals surface area contributed by atoms with Gasteiger partial charge < -0.3 is 4.74 Å². The summed E-state index contributed by atoms with van der Waals surface area (Å²) < 4.78 is 46.2. The van der Waals surface area contributed by atoms with Gasteiger partial charge in [-0.05, 0) is 91.0 Å². The highest BCUT2D eigenvalue weighted by atomic mass is 19.1. The molecule has 0 heterocycles. The average molecular weight is 501 g/mol. The molecule has 2 saturated carbocycles. The highest BCUT2D eigenvalue weighted by molar-refractivity contribution is 5.65. The van der Waals surface area contributed by atoms with Crippen LogP contribution in [0.1, 0.15) is 102 Å². The van der Waals surface area contributed by atoms with Crippen molar-refractivity contribution in [1.82, 2.24) is 0 Å². The van der Waals surface area contributed by atoms with Gasteiger partial charge in [-0.25, -0.2) is 8.78 Å². The molecule has 2 aliphatic rings. The van der Waals surface area contributed by atoms with E-state index in [1.165, 1.54) is 94.7 Å². The van der Waals surface area contributed by atoms with Crippen molar-refractivity contribution in [3.63, 3.8) is 0 Å². The summed E-state index contributed by atoms with van der Waals surface area (Å²) in [5, 5.41) is 0. The van der Waals surface area contributed by atoms with E-state index in [0.29, 0.717) is 11.5 Å². The van der Waals surface area contributed by atoms with Gasteiger partial charge in [0.2, 0.25) is 0 Å². The molecule has 2 aromatic carbocycles. The summed E-state index contributed by atoms with van der Waals surface area (Å²) >= 11 is 0. The molecule has 0 atom stereocenters. The predicted molar refractivity (Wildman–Crippen MR) is 142 cm³/mol. The monoisotopic (exact) mass is 500 g/mol. The lowest BCUT2D eigenvalue weighted by Gasteiger charge is -2.38. The molecule has 0 aromatic heterocycles. The summed E-state index contributed by atoms with van der Waals surface area (Å²) in [6.45, 7) is 1.68. The second kappa shape index (κ2) is 13.5. The molecule has 2 fully saturated rings. The third-order valence-corrected chi connectivity index (χ3v) is 8.78. The third kappa shape index (κ3) is 7.07. The zero-order valence-corrected chi connectivity index (χ0v) is 21.9. The molecule has 36 heavy (non-hydrogen) atoms. The molecule has 0 saturated heterocycles. The summed E-state index contributed by atoms with van der Waals surface area (Å²) in [4.78, 5) is 0. The second-order valence-corrected chi connectivity index (χ2v) is 11.2. The van der Waals surface area contributed by atoms with Crippen molar-refractivity contribution in [2.24, 2.45) is 17.8 Å². The number of ether oxygens (including phenoxy) is 1. The molecular formula is C32H43F3O. The molecule has 0 bridgehead atoms. The maximum atomic E-state index is 14.4. The molecule has 0 spiro atoms. The van der Waals surface area contributed by atoms with Crippen molar-refractivity contribution in [2.75, 3.05) is 13.3 Å². The van der Waals surface area contributed by atoms with Crippen LogP contribution in [-0.4, -0.2) is 13.3 Å². The number of hydrogen-bond donors (Lipinski definition) is 0. The molecule has 4 rings (SSSR count). The van der Waals surface area contributed by atoms with Gasteiger partial charge in [0.15, 0.2) is 17.4 Å². The van der Waals surface area contributed by atoms with E-state index in [-0.39, 0.29) is 13.0 Å². The quantitative estimate of drug-likeness (QED) is 0.279. The van der Waals surface area contributed by atoms with Gasteiger partial charge in [-0.2, -0.15) is 0 Å². The molecule has 0 N–H and O–H groups in total. The highest BCUT2D eigenvalue weighted by Gasteiger charge is 2.31. The average Bonchev–Trinajstić information content (AvgIpc) is 2.91. The van der Waals surface area contributed by atoms with E-state index in [2.05, 4.69) is 19.1 Å². The maximum Gasteiger partial charge on any atom is 0.190 e. The Labute approximate surface area is 215 Å². The fraction of sp³-hybridized carbons (Fsp3) is 0.625. The third-order valence-electron chi connectivity index (χ3n) is 8.78. The van der Waals surface area contributed by atoms with Gasteiger partial charge in [0.25, 0.3) is 0 Å². The molecule has 0 radical (unpaired) electrons. The first-order chi connectivity index (χ1) is 17.6. The van der Waals surface area contributed by atoms with E-state index < -0.39 is 24.1 Å². The number of rotatable bonds is 11. The van der Waals surface area contributed by atoms with Crippen LogP contribution >= 0.6 is 0 Å². The summed E-state index contributed by atoms with van der Waals surface area (Å²) in [6, 6.07) is 10.8. The van der Waals surface area contributed by atoms with Crippen LogP contribution in [0.25, 0.3) is 11.1 Å². The smallest absolute Gasteiger partial charge is 0.190 e. The minimum absolute atomic E-state index is 0.0407. The summed E-state index contributed by atoms with van der Waals surface area (Å²) in [7, 11) is 0. The van der Waals surface area contributed by atoms with Crippen LogP contribution in [0.15, 0.2) is 36.4 Å². The van der Waals surface area contributed by atoms with Crippen LogP contribution in [0.5, 0.6) is 5.75 Å². The molecule has 0 unspecified atom stereocenters. The Bertz CT molecular complexity index is 902. The Hall–Kier alpha value is -1.97. The first-order valence-electron chi connectivity index (χ1n) is 14.4. The fourth-order valence-corrected chi connectivity index (χ4v) is 6.60. The van der Waals surface area contributed by atoms with Gasteiger partial charge in [-0.3, -0.25) is 4.39 Å². The van der Waals surface area contributed by atoms with Crippen molar-refractivity contribution in [1.29, 1.82) is 0 Å². The lowest BCUT2D eigenvalue weighted by Crippen LogP contribution is -2.25. The first kappa shape index (κ1) is 27.1. The number of hydrogen-bond acceptors (Lipinski definition) is 1. The number of benzene rings is 2. The van der Waals surface area contributed by atoms with Gasteiger partial charge in [0.1, 0.15) is 0 Å². The lowest BCUT2D eigenvalue weighted by atomic mass is 9.68. The van der Waals surface area contributed by atoms with Crippen LogP contribution in [0.4, 0.5) is 13.2 Å². The Morgan fingerprint density at radius 1 is 0.750 bits per heavy atom. The number of alkyl halides is 1. The topological polar surface area (TPSA) is 9.23 Å². The van der Waals surface area contributed by atoms with Crippen molar-refractivity contribution in [3.8, 4) is 16.9 Å². The van der Waals surface area contributed by atoms with E-state index in [1.54, 1.807) is 0 Å². The van der Waals surface area contributed by atoms with Crippen LogP contribution in [0.2, 0.25) is 0 Å². The van der Waals surface area contributed by atoms with E-state index in [4.69, 9.17) is 4.74 Å². The summed E-state index contributed by atoms with van der Waals surface area (Å²) in [5.74, 6) is 1.47. The van der Waals surface area contributed by atoms with Crippen molar-refractivity contribution >= 4 is 0 Å². The molecule has 198 valence electrons. The Balaban J connectivity index is 1.28. The van der Waals surface area contributed by atoms with Gasteiger partial charge in [0, 0.05) is 6.42 Å². The molecule has 0 aliphatic heterocycles. The number of halogens is 3. The minimum Gasteiger partial charge on any atom is -0.488 e. The van der Waals surface area contributed by atoms with Gasteiger partial charge in [0.05, 0.1) is 13.3 Å². The molecule has 4 heteroatoms. The predicted octanol–water partition coefficient (Wildman–Crippen LogP) is 10.0. The molecular weight excluding hydrogens is 457 g/mol. The van der Waals surface area contributed by atoms with Gasteiger partial charge >= 0.3 is 0 Å². The normalized spacial score (nSPS) is 24.6. The molecule has 2 aromatic rings. The van der Waals surface area contributed by atoms with Crippen molar-refractivity contribution in [3.05, 3.63) is 53.6 Å². The van der Waals surface area contributed by atoms with Crippen LogP contribution in [0, 0.1) is 29.4 Å². The lowest BCUT2D eigenvalue weighted by molar-refractivity contribution is 0.155. The van der Waals surface area contributed by atoms with E-state index in [0.717, 1.165) is 23.3 Å². The number of unbranched alkanes of at least 4 members (excludes halogenated alkanes) is 2. The SMILES string of the molecule is CCCCCC1CCC(C2CCC(c3ccc(-c4cc(F)c(OCCCF)c(F)c4)cc3)CC2)CC1. The van der Waals surface area contributed by atoms with Gasteiger partial charge in [-0.1, -0.05) is 69.7 Å². The van der Waals surface area contributed by atoms with Gasteiger partial charge in [-0.15, -0.1) is 0 Å². The minimum atomic E-state index is -0.749. The molecule has 2 aliphatic carbocycles. The molecule has 0 amide bonds. The highest BCUT2D eigenvalue weighted by Crippen LogP contribution is 2.44. The largest absolute Gasteiger partial charge is 0.488 e. The Kier molecular flexibility index (Phi) is 10.2. The zero-order valence-electron chi connectivity index (χ0n) is 21.9. The first-order valence-corrected chi connectivity index (χ1v) is 14.4. The fourth-order valence-electron chi connectivity index (χ4n) is 6.60. The van der Waals surface area contributed by atoms with E-state index >= 15 is 0 Å². The van der Waals surface area contributed by atoms with Crippen LogP contribution in [-0.2, 0) is 0 Å². The summed E-state index contributed by atoms with van der Waals surface area (Å²) in [6.07, 6.45) is 16.6. The van der Waals surface area contributed by atoms with Crippen molar-refractivity contribution in [2.45, 2.75) is 96.3 Å². The second-order valence-electron chi connectivity index (χ2n) is 11.2. The maximum absolute atomic E-state index is 14.4. The standard InChI is InChI=1S/C32H43F3O/c1-2-3-4-6-23-7-9-24(10-8-23)25-11-13-26(14-12-25)27-15-17-28(18-16-27)29-21-30(34)32(31(35)22-29)36-20-5-19-33/h15-18,21-26H,2-14,19-20H2,1H3. The van der Waals surface area contributed by atoms with Crippen LogP contribution in [0.3, 0.4) is 0 Å². The Morgan fingerprint density at radius 2 is 1.36 bits per heavy atom. The summed E-state index contributed by atoms with van der Waals surface area (Å²) in [5.41, 5.74) is 2.61. The van der Waals surface area contributed by atoms with E-state index in [9.17, 15) is 13.2 Å². The van der Waals surface area contributed by atoms with Crippen molar-refractivity contribution < 1.29 is 17.9 Å². The Morgan fingerprint density at radius 3 is 1.94 bits per heavy atom. The zero-order chi connectivity index (χ0) is 25.3.